The molecular formula is C19H40IN5O. The van der Waals surface area contributed by atoms with Gasteiger partial charge < -0.3 is 20.9 Å². The van der Waals surface area contributed by atoms with Gasteiger partial charge in [-0.2, -0.15) is 0 Å². The smallest absolute Gasteiger partial charge is 0.225 e. The van der Waals surface area contributed by atoms with Crippen LogP contribution in [-0.2, 0) is 4.79 Å². The summed E-state index contributed by atoms with van der Waals surface area (Å²) in [6.07, 6.45) is 4.88. The molecule has 1 aliphatic heterocycles. The lowest BCUT2D eigenvalue weighted by Crippen LogP contribution is -2.49. The first-order chi connectivity index (χ1) is 11.9. The Morgan fingerprint density at radius 3 is 2.35 bits per heavy atom. The van der Waals surface area contributed by atoms with E-state index < -0.39 is 0 Å². The van der Waals surface area contributed by atoms with E-state index in [0.29, 0.717) is 19.1 Å². The molecular weight excluding hydrogens is 441 g/mol. The lowest BCUT2D eigenvalue weighted by Gasteiger charge is -2.33. The SMILES string of the molecule is CCCCN1CCC(NC(=NCCNC(=O)C(C)(C)C)NCC)CC1.I. The van der Waals surface area contributed by atoms with Crippen LogP contribution in [0.15, 0.2) is 4.99 Å². The molecule has 154 valence electrons. The van der Waals surface area contributed by atoms with E-state index in [1.54, 1.807) is 0 Å². The van der Waals surface area contributed by atoms with Crippen LogP contribution in [-0.4, -0.2) is 62.1 Å². The first-order valence-corrected chi connectivity index (χ1v) is 9.92. The molecule has 1 fully saturated rings. The molecule has 7 heteroatoms. The van der Waals surface area contributed by atoms with Gasteiger partial charge in [-0.25, -0.2) is 0 Å². The Morgan fingerprint density at radius 1 is 1.15 bits per heavy atom. The summed E-state index contributed by atoms with van der Waals surface area (Å²) in [6.45, 7) is 15.6. The largest absolute Gasteiger partial charge is 0.357 e. The van der Waals surface area contributed by atoms with Crippen molar-refractivity contribution in [2.24, 2.45) is 10.4 Å². The molecule has 3 N–H and O–H groups in total. The minimum absolute atomic E-state index is 0. The average molecular weight is 481 g/mol. The number of hydrogen-bond donors (Lipinski definition) is 3. The lowest BCUT2D eigenvalue weighted by atomic mass is 9.96. The highest BCUT2D eigenvalue weighted by Gasteiger charge is 2.21. The van der Waals surface area contributed by atoms with Gasteiger partial charge in [0.05, 0.1) is 6.54 Å². The second-order valence-electron chi connectivity index (χ2n) is 7.88. The van der Waals surface area contributed by atoms with Gasteiger partial charge in [0.2, 0.25) is 5.91 Å². The summed E-state index contributed by atoms with van der Waals surface area (Å²) < 4.78 is 0. The van der Waals surface area contributed by atoms with Crippen LogP contribution >= 0.6 is 24.0 Å². The summed E-state index contributed by atoms with van der Waals surface area (Å²) in [7, 11) is 0. The van der Waals surface area contributed by atoms with Gasteiger partial charge >= 0.3 is 0 Å². The maximum absolute atomic E-state index is 11.9. The molecule has 0 aromatic heterocycles. The molecule has 0 spiro atoms. The number of carbonyl (C=O) groups excluding carboxylic acids is 1. The predicted octanol–water partition coefficient (Wildman–Crippen LogP) is 2.59. The number of carbonyl (C=O) groups is 1. The van der Waals surface area contributed by atoms with Crippen molar-refractivity contribution in [3.05, 3.63) is 0 Å². The number of rotatable bonds is 8. The van der Waals surface area contributed by atoms with E-state index in [1.807, 2.05) is 20.8 Å². The number of nitrogens with zero attached hydrogens (tertiary/aromatic N) is 2. The van der Waals surface area contributed by atoms with Crippen LogP contribution in [0.3, 0.4) is 0 Å². The van der Waals surface area contributed by atoms with Crippen LogP contribution in [0.2, 0.25) is 0 Å². The Morgan fingerprint density at radius 2 is 1.81 bits per heavy atom. The van der Waals surface area contributed by atoms with Crippen LogP contribution in [0.1, 0.15) is 60.3 Å². The normalized spacial score (nSPS) is 16.7. The Balaban J connectivity index is 0.00000625. The first-order valence-electron chi connectivity index (χ1n) is 9.92. The van der Waals surface area contributed by atoms with Crippen LogP contribution in [0.5, 0.6) is 0 Å². The van der Waals surface area contributed by atoms with Crippen molar-refractivity contribution in [2.45, 2.75) is 66.3 Å². The highest BCUT2D eigenvalue weighted by atomic mass is 127. The van der Waals surface area contributed by atoms with E-state index >= 15 is 0 Å². The minimum Gasteiger partial charge on any atom is -0.357 e. The van der Waals surface area contributed by atoms with E-state index in [-0.39, 0.29) is 35.3 Å². The van der Waals surface area contributed by atoms with Crippen molar-refractivity contribution in [2.75, 3.05) is 39.3 Å². The molecule has 1 rings (SSSR count). The van der Waals surface area contributed by atoms with Crippen molar-refractivity contribution >= 4 is 35.8 Å². The van der Waals surface area contributed by atoms with E-state index in [9.17, 15) is 4.79 Å². The maximum Gasteiger partial charge on any atom is 0.225 e. The van der Waals surface area contributed by atoms with E-state index in [1.165, 1.54) is 32.5 Å². The molecule has 1 heterocycles. The van der Waals surface area contributed by atoms with Gasteiger partial charge in [-0.1, -0.05) is 34.1 Å². The molecule has 1 saturated heterocycles. The van der Waals surface area contributed by atoms with Gasteiger partial charge in [0.15, 0.2) is 5.96 Å². The third-order valence-electron chi connectivity index (χ3n) is 4.45. The number of nitrogens with one attached hydrogen (secondary N) is 3. The Hall–Kier alpha value is -0.570. The molecule has 0 radical (unpaired) electrons. The van der Waals surface area contributed by atoms with Crippen molar-refractivity contribution < 1.29 is 4.79 Å². The zero-order chi connectivity index (χ0) is 18.7. The standard InChI is InChI=1S/C19H39N5O.HI/c1-6-8-13-24-14-9-16(10-15-24)23-18(20-7-2)22-12-11-21-17(25)19(3,4)5;/h16H,6-15H2,1-5H3,(H,21,25)(H2,20,22,23);1H. The fourth-order valence-electron chi connectivity index (χ4n) is 2.80. The molecule has 0 aromatic carbocycles. The fraction of sp³-hybridized carbons (Fsp3) is 0.895. The van der Waals surface area contributed by atoms with Crippen LogP contribution in [0.4, 0.5) is 0 Å². The summed E-state index contributed by atoms with van der Waals surface area (Å²) in [4.78, 5) is 19.0. The summed E-state index contributed by atoms with van der Waals surface area (Å²) in [5.41, 5.74) is -0.349. The van der Waals surface area contributed by atoms with E-state index in [4.69, 9.17) is 0 Å². The highest BCUT2D eigenvalue weighted by molar-refractivity contribution is 14.0. The molecule has 0 aromatic rings. The van der Waals surface area contributed by atoms with Gasteiger partial charge in [0, 0.05) is 37.6 Å². The molecule has 1 amide bonds. The Labute approximate surface area is 177 Å². The summed E-state index contributed by atoms with van der Waals surface area (Å²) >= 11 is 0. The van der Waals surface area contributed by atoms with Gasteiger partial charge in [-0.05, 0) is 32.7 Å². The van der Waals surface area contributed by atoms with Crippen LogP contribution < -0.4 is 16.0 Å². The summed E-state index contributed by atoms with van der Waals surface area (Å²) in [5, 5.41) is 9.80. The number of hydrogen-bond acceptors (Lipinski definition) is 3. The first kappa shape index (κ1) is 25.4. The monoisotopic (exact) mass is 481 g/mol. The topological polar surface area (TPSA) is 68.8 Å². The maximum atomic E-state index is 11.9. The second-order valence-corrected chi connectivity index (χ2v) is 7.88. The van der Waals surface area contributed by atoms with Gasteiger partial charge in [0.1, 0.15) is 0 Å². The molecule has 6 nitrogen and oxygen atoms in total. The molecule has 26 heavy (non-hydrogen) atoms. The number of piperidine rings is 1. The van der Waals surface area contributed by atoms with Crippen molar-refractivity contribution in [3.8, 4) is 0 Å². The third-order valence-corrected chi connectivity index (χ3v) is 4.45. The van der Waals surface area contributed by atoms with E-state index in [2.05, 4.69) is 39.7 Å². The van der Waals surface area contributed by atoms with Gasteiger partial charge in [-0.15, -0.1) is 24.0 Å². The zero-order valence-electron chi connectivity index (χ0n) is 17.4. The van der Waals surface area contributed by atoms with Gasteiger partial charge in [0.25, 0.3) is 0 Å². The average Bonchev–Trinajstić information content (AvgIpc) is 2.57. The molecule has 0 bridgehead atoms. The van der Waals surface area contributed by atoms with Crippen molar-refractivity contribution in [1.82, 2.24) is 20.9 Å². The zero-order valence-corrected chi connectivity index (χ0v) is 19.7. The Bertz CT molecular complexity index is 415. The van der Waals surface area contributed by atoms with Crippen LogP contribution in [0.25, 0.3) is 0 Å². The molecule has 0 unspecified atom stereocenters. The summed E-state index contributed by atoms with van der Waals surface area (Å²) in [5.74, 6) is 0.930. The highest BCUT2D eigenvalue weighted by Crippen LogP contribution is 2.12. The lowest BCUT2D eigenvalue weighted by molar-refractivity contribution is -0.128. The number of likely N-dealkylation sites (tertiary alicyclic amines) is 1. The minimum atomic E-state index is -0.349. The van der Waals surface area contributed by atoms with E-state index in [0.717, 1.165) is 25.3 Å². The molecule has 0 aliphatic carbocycles. The number of aliphatic imine (C=N–C) groups is 1. The third kappa shape index (κ3) is 10.5. The quantitative estimate of drug-likeness (QED) is 0.216. The summed E-state index contributed by atoms with van der Waals surface area (Å²) in [6, 6.07) is 0.486. The van der Waals surface area contributed by atoms with Crippen LogP contribution in [0, 0.1) is 5.41 Å². The van der Waals surface area contributed by atoms with Gasteiger partial charge in [-0.3, -0.25) is 9.79 Å². The number of halogens is 1. The fourth-order valence-corrected chi connectivity index (χ4v) is 2.80. The number of guanidine groups is 1. The number of unbranched alkanes of at least 4 members (excludes halogenated alkanes) is 1. The molecule has 0 saturated carbocycles. The number of amides is 1. The van der Waals surface area contributed by atoms with Crippen molar-refractivity contribution in [3.63, 3.8) is 0 Å². The molecule has 0 atom stereocenters. The predicted molar refractivity (Wildman–Crippen MR) is 121 cm³/mol. The Kier molecular flexibility index (Phi) is 13.3. The molecule has 1 aliphatic rings. The second kappa shape index (κ2) is 13.6. The van der Waals surface area contributed by atoms with Crippen molar-refractivity contribution in [1.29, 1.82) is 0 Å².